The molecule has 1 aromatic rings. The van der Waals surface area contributed by atoms with Crippen molar-refractivity contribution in [1.29, 1.82) is 0 Å². The summed E-state index contributed by atoms with van der Waals surface area (Å²) < 4.78 is 5.85. The Kier molecular flexibility index (Phi) is 4.22. The van der Waals surface area contributed by atoms with Gasteiger partial charge in [0.05, 0.1) is 11.7 Å². The van der Waals surface area contributed by atoms with Gasteiger partial charge in [-0.25, -0.2) is 0 Å². The van der Waals surface area contributed by atoms with Crippen molar-refractivity contribution in [2.75, 3.05) is 11.9 Å². The van der Waals surface area contributed by atoms with Crippen LogP contribution >= 0.6 is 0 Å². The van der Waals surface area contributed by atoms with E-state index in [4.69, 9.17) is 4.74 Å². The molecular weight excluding hydrogens is 198 g/mol. The molecule has 0 aliphatic carbocycles. The van der Waals surface area contributed by atoms with Crippen molar-refractivity contribution in [3.63, 3.8) is 0 Å². The normalized spacial score (nSPS) is 22.8. The van der Waals surface area contributed by atoms with Gasteiger partial charge in [-0.05, 0) is 38.5 Å². The lowest BCUT2D eigenvalue weighted by molar-refractivity contribution is 0.179. The van der Waals surface area contributed by atoms with E-state index in [-0.39, 0.29) is 6.10 Å². The fourth-order valence-corrected chi connectivity index (χ4v) is 1.84. The quantitative estimate of drug-likeness (QED) is 0.663. The van der Waals surface area contributed by atoms with Gasteiger partial charge in [0.2, 0.25) is 0 Å². The molecule has 1 aliphatic heterocycles. The minimum Gasteiger partial charge on any atom is -0.486 e. The van der Waals surface area contributed by atoms with Gasteiger partial charge in [0.1, 0.15) is 11.9 Å². The smallest absolute Gasteiger partial charge is 0.143 e. The first-order valence-electron chi connectivity index (χ1n) is 6.09. The van der Waals surface area contributed by atoms with Crippen molar-refractivity contribution in [3.05, 3.63) is 23.8 Å². The number of nitrogens with zero attached hydrogens (tertiary/aromatic N) is 1. The van der Waals surface area contributed by atoms with Crippen LogP contribution in [-0.4, -0.2) is 19.2 Å². The second-order valence-corrected chi connectivity index (χ2v) is 4.15. The van der Waals surface area contributed by atoms with Gasteiger partial charge in [0.25, 0.3) is 0 Å². The predicted octanol–water partition coefficient (Wildman–Crippen LogP) is 3.63. The van der Waals surface area contributed by atoms with Gasteiger partial charge in [-0.3, -0.25) is 0 Å². The molecule has 1 aromatic carbocycles. The van der Waals surface area contributed by atoms with Crippen molar-refractivity contribution in [3.8, 4) is 5.75 Å². The SMILES string of the molecule is CC.Cc1ccc2c(c1)OC(C)C(C)N2C. The molecule has 2 unspecified atom stereocenters. The van der Waals surface area contributed by atoms with Crippen LogP contribution in [0.2, 0.25) is 0 Å². The predicted molar refractivity (Wildman–Crippen MR) is 70.5 cm³/mol. The van der Waals surface area contributed by atoms with Crippen LogP contribution in [0.15, 0.2) is 18.2 Å². The summed E-state index contributed by atoms with van der Waals surface area (Å²) in [7, 11) is 2.12. The van der Waals surface area contributed by atoms with E-state index in [1.807, 2.05) is 13.8 Å². The maximum absolute atomic E-state index is 5.85. The lowest BCUT2D eigenvalue weighted by Gasteiger charge is -2.38. The van der Waals surface area contributed by atoms with Crippen molar-refractivity contribution < 1.29 is 4.74 Å². The van der Waals surface area contributed by atoms with Crippen LogP contribution in [-0.2, 0) is 0 Å². The average Bonchev–Trinajstić information content (AvgIpc) is 2.28. The van der Waals surface area contributed by atoms with Crippen LogP contribution in [0, 0.1) is 6.92 Å². The van der Waals surface area contributed by atoms with Crippen LogP contribution in [0.5, 0.6) is 5.75 Å². The summed E-state index contributed by atoms with van der Waals surface area (Å²) in [5.74, 6) is 1.01. The molecule has 0 radical (unpaired) electrons. The molecule has 0 saturated carbocycles. The first-order chi connectivity index (χ1) is 7.59. The standard InChI is InChI=1S/C12H17NO.C2H6/c1-8-5-6-11-12(7-8)14-10(3)9(2)13(11)4;1-2/h5-7,9-10H,1-4H3;1-2H3. The molecule has 0 bridgehead atoms. The highest BCUT2D eigenvalue weighted by Gasteiger charge is 2.26. The Morgan fingerprint density at radius 3 is 2.44 bits per heavy atom. The van der Waals surface area contributed by atoms with E-state index in [0.717, 1.165) is 5.75 Å². The molecule has 0 amide bonds. The van der Waals surface area contributed by atoms with Gasteiger partial charge >= 0.3 is 0 Å². The molecule has 0 N–H and O–H groups in total. The zero-order valence-electron chi connectivity index (χ0n) is 11.2. The number of rotatable bonds is 0. The van der Waals surface area contributed by atoms with E-state index in [1.165, 1.54) is 11.3 Å². The molecule has 0 saturated heterocycles. The number of likely N-dealkylation sites (N-methyl/N-ethyl adjacent to an activating group) is 1. The van der Waals surface area contributed by atoms with Gasteiger partial charge in [0, 0.05) is 7.05 Å². The molecule has 16 heavy (non-hydrogen) atoms. The Bertz CT molecular complexity index is 349. The van der Waals surface area contributed by atoms with Crippen LogP contribution in [0.3, 0.4) is 0 Å². The number of fused-ring (bicyclic) bond motifs is 1. The first-order valence-corrected chi connectivity index (χ1v) is 6.09. The number of hydrogen-bond acceptors (Lipinski definition) is 2. The van der Waals surface area contributed by atoms with Gasteiger partial charge in [-0.1, -0.05) is 19.9 Å². The monoisotopic (exact) mass is 221 g/mol. The van der Waals surface area contributed by atoms with Crippen LogP contribution in [0.4, 0.5) is 5.69 Å². The summed E-state index contributed by atoms with van der Waals surface area (Å²) in [6.07, 6.45) is 0.259. The van der Waals surface area contributed by atoms with Crippen molar-refractivity contribution in [1.82, 2.24) is 0 Å². The second kappa shape index (κ2) is 5.24. The van der Waals surface area contributed by atoms with Gasteiger partial charge < -0.3 is 9.64 Å². The summed E-state index contributed by atoms with van der Waals surface area (Å²) in [6, 6.07) is 6.80. The summed E-state index contributed by atoms with van der Waals surface area (Å²) in [6.45, 7) is 10.4. The fourth-order valence-electron chi connectivity index (χ4n) is 1.84. The Morgan fingerprint density at radius 2 is 1.81 bits per heavy atom. The number of aryl methyl sites for hydroxylation is 1. The molecule has 90 valence electrons. The molecule has 1 aliphatic rings. The van der Waals surface area contributed by atoms with Crippen molar-refractivity contribution >= 4 is 5.69 Å². The van der Waals surface area contributed by atoms with Crippen LogP contribution in [0.25, 0.3) is 0 Å². The zero-order chi connectivity index (χ0) is 12.3. The third kappa shape index (κ3) is 2.31. The lowest BCUT2D eigenvalue weighted by atomic mass is 10.1. The first kappa shape index (κ1) is 12.9. The lowest BCUT2D eigenvalue weighted by Crippen LogP contribution is -2.44. The van der Waals surface area contributed by atoms with E-state index >= 15 is 0 Å². The van der Waals surface area contributed by atoms with Crippen LogP contribution in [0.1, 0.15) is 33.3 Å². The third-order valence-corrected chi connectivity index (χ3v) is 3.10. The molecule has 0 aromatic heterocycles. The molecule has 2 atom stereocenters. The second-order valence-electron chi connectivity index (χ2n) is 4.15. The van der Waals surface area contributed by atoms with E-state index in [0.29, 0.717) is 6.04 Å². The maximum Gasteiger partial charge on any atom is 0.143 e. The summed E-state index contributed by atoms with van der Waals surface area (Å²) in [4.78, 5) is 2.28. The highest BCUT2D eigenvalue weighted by Crippen LogP contribution is 2.35. The average molecular weight is 221 g/mol. The number of hydrogen-bond donors (Lipinski definition) is 0. The summed E-state index contributed by atoms with van der Waals surface area (Å²) in [5.41, 5.74) is 2.44. The summed E-state index contributed by atoms with van der Waals surface area (Å²) in [5, 5.41) is 0. The highest BCUT2D eigenvalue weighted by atomic mass is 16.5. The Hall–Kier alpha value is -1.18. The molecule has 1 heterocycles. The summed E-state index contributed by atoms with van der Waals surface area (Å²) >= 11 is 0. The highest BCUT2D eigenvalue weighted by molar-refractivity contribution is 5.61. The Labute approximate surface area is 99.2 Å². The molecule has 2 nitrogen and oxygen atoms in total. The number of ether oxygens (including phenoxy) is 1. The molecule has 2 heteroatoms. The topological polar surface area (TPSA) is 12.5 Å². The largest absolute Gasteiger partial charge is 0.486 e. The Morgan fingerprint density at radius 1 is 1.19 bits per heavy atom. The minimum absolute atomic E-state index is 0.259. The van der Waals surface area contributed by atoms with Gasteiger partial charge in [0.15, 0.2) is 0 Å². The number of anilines is 1. The number of benzene rings is 1. The van der Waals surface area contributed by atoms with Gasteiger partial charge in [-0.2, -0.15) is 0 Å². The van der Waals surface area contributed by atoms with E-state index in [9.17, 15) is 0 Å². The minimum atomic E-state index is 0.259. The zero-order valence-corrected chi connectivity index (χ0v) is 11.2. The molecule has 0 spiro atoms. The molecule has 2 rings (SSSR count). The van der Waals surface area contributed by atoms with E-state index < -0.39 is 0 Å². The van der Waals surface area contributed by atoms with Crippen molar-refractivity contribution in [2.45, 2.75) is 46.8 Å². The van der Waals surface area contributed by atoms with Crippen molar-refractivity contribution in [2.24, 2.45) is 0 Å². The fraction of sp³-hybridized carbons (Fsp3) is 0.571. The molecular formula is C14H23NO. The maximum atomic E-state index is 5.85. The third-order valence-electron chi connectivity index (χ3n) is 3.10. The van der Waals surface area contributed by atoms with E-state index in [1.54, 1.807) is 0 Å². The molecule has 0 fully saturated rings. The van der Waals surface area contributed by atoms with Gasteiger partial charge in [-0.15, -0.1) is 0 Å². The van der Waals surface area contributed by atoms with E-state index in [2.05, 4.69) is 50.9 Å². The Balaban J connectivity index is 0.000000606. The van der Waals surface area contributed by atoms with Crippen LogP contribution < -0.4 is 9.64 Å².